The lowest BCUT2D eigenvalue weighted by Gasteiger charge is -2.24. The molecule has 0 spiro atoms. The minimum atomic E-state index is -0.441. The molecule has 1 aromatic heterocycles. The summed E-state index contributed by atoms with van der Waals surface area (Å²) in [5.41, 5.74) is 3.26. The van der Waals surface area contributed by atoms with E-state index >= 15 is 0 Å². The summed E-state index contributed by atoms with van der Waals surface area (Å²) < 4.78 is 15.4. The number of nitrogens with zero attached hydrogens (tertiary/aromatic N) is 2. The largest absolute Gasteiger partial charge is 0.497 e. The number of aromatic amines is 1. The lowest BCUT2D eigenvalue weighted by Crippen LogP contribution is -2.35. The number of ether oxygens (including phenoxy) is 3. The number of aromatic nitrogens is 1. The molecular formula is C23H31N3O5. The number of carbonyl (C=O) groups excluding carboxylic acids is 2. The average molecular weight is 430 g/mol. The number of amides is 1. The second kappa shape index (κ2) is 10.3. The van der Waals surface area contributed by atoms with Gasteiger partial charge in [-0.15, -0.1) is 0 Å². The van der Waals surface area contributed by atoms with E-state index in [9.17, 15) is 9.59 Å². The molecule has 3 rings (SSSR count). The lowest BCUT2D eigenvalue weighted by atomic mass is 10.1. The Bertz CT molecular complexity index is 907. The van der Waals surface area contributed by atoms with Gasteiger partial charge in [-0.2, -0.15) is 0 Å². The molecule has 31 heavy (non-hydrogen) atoms. The summed E-state index contributed by atoms with van der Waals surface area (Å²) >= 11 is 0. The summed E-state index contributed by atoms with van der Waals surface area (Å²) in [7, 11) is 3.20. The lowest BCUT2D eigenvalue weighted by molar-refractivity contribution is 0.0387. The van der Waals surface area contributed by atoms with Crippen LogP contribution in [-0.2, 0) is 9.47 Å². The zero-order chi connectivity index (χ0) is 22.4. The van der Waals surface area contributed by atoms with Crippen LogP contribution in [0, 0.1) is 13.8 Å². The molecule has 1 amide bonds. The second-order valence-electron chi connectivity index (χ2n) is 7.58. The van der Waals surface area contributed by atoms with E-state index in [1.165, 1.54) is 0 Å². The van der Waals surface area contributed by atoms with Crippen molar-refractivity contribution in [1.29, 1.82) is 0 Å². The van der Waals surface area contributed by atoms with E-state index in [0.29, 0.717) is 42.2 Å². The van der Waals surface area contributed by atoms with E-state index in [4.69, 9.17) is 14.2 Å². The van der Waals surface area contributed by atoms with Crippen molar-refractivity contribution < 1.29 is 23.8 Å². The van der Waals surface area contributed by atoms with Crippen molar-refractivity contribution in [2.75, 3.05) is 58.5 Å². The van der Waals surface area contributed by atoms with Gasteiger partial charge in [-0.25, -0.2) is 4.79 Å². The Balaban J connectivity index is 1.68. The van der Waals surface area contributed by atoms with Crippen LogP contribution in [0.4, 0.5) is 5.69 Å². The van der Waals surface area contributed by atoms with Gasteiger partial charge in [-0.3, -0.25) is 4.79 Å². The summed E-state index contributed by atoms with van der Waals surface area (Å²) in [5, 5.41) is 0. The molecule has 1 aliphatic rings. The van der Waals surface area contributed by atoms with Gasteiger partial charge >= 0.3 is 5.97 Å². The highest BCUT2D eigenvalue weighted by Crippen LogP contribution is 2.23. The Morgan fingerprint density at radius 1 is 1.00 bits per heavy atom. The maximum atomic E-state index is 13.2. The Morgan fingerprint density at radius 3 is 2.42 bits per heavy atom. The monoisotopic (exact) mass is 429 g/mol. The Hall–Kier alpha value is -3.00. The highest BCUT2D eigenvalue weighted by molar-refractivity contribution is 6.00. The number of nitrogens with one attached hydrogen (secondary N) is 1. The number of H-pyrrole nitrogens is 1. The van der Waals surface area contributed by atoms with Crippen molar-refractivity contribution in [2.45, 2.75) is 20.3 Å². The van der Waals surface area contributed by atoms with Crippen molar-refractivity contribution in [3.05, 3.63) is 46.8 Å². The van der Waals surface area contributed by atoms with Crippen molar-refractivity contribution >= 4 is 17.6 Å². The highest BCUT2D eigenvalue weighted by atomic mass is 16.6. The van der Waals surface area contributed by atoms with Crippen molar-refractivity contribution in [3.63, 3.8) is 0 Å². The molecule has 0 radical (unpaired) electrons. The molecule has 1 aromatic carbocycles. The summed E-state index contributed by atoms with van der Waals surface area (Å²) in [5.74, 6) is 0.293. The zero-order valence-electron chi connectivity index (χ0n) is 18.7. The van der Waals surface area contributed by atoms with Crippen LogP contribution in [-0.4, -0.2) is 75.4 Å². The summed E-state index contributed by atoms with van der Waals surface area (Å²) in [6, 6.07) is 7.97. The fourth-order valence-electron chi connectivity index (χ4n) is 3.89. The molecule has 0 unspecified atom stereocenters. The van der Waals surface area contributed by atoms with Crippen LogP contribution in [0.3, 0.4) is 0 Å². The van der Waals surface area contributed by atoms with E-state index < -0.39 is 5.97 Å². The fraction of sp³-hybridized carbons (Fsp3) is 0.478. The SMILES string of the molecule is COCCOC(=O)c1c(C)[nH]c(C(=O)N2CCCN(c3ccc(OC)cc3)CC2)c1C. The third kappa shape index (κ3) is 5.19. The van der Waals surface area contributed by atoms with Crippen LogP contribution < -0.4 is 9.64 Å². The highest BCUT2D eigenvalue weighted by Gasteiger charge is 2.27. The second-order valence-corrected chi connectivity index (χ2v) is 7.58. The number of hydrogen-bond acceptors (Lipinski definition) is 6. The Kier molecular flexibility index (Phi) is 7.57. The van der Waals surface area contributed by atoms with Gasteiger partial charge in [0.15, 0.2) is 0 Å². The van der Waals surface area contributed by atoms with Crippen LogP contribution in [0.1, 0.15) is 38.5 Å². The number of aryl methyl sites for hydroxylation is 1. The molecule has 168 valence electrons. The van der Waals surface area contributed by atoms with Crippen molar-refractivity contribution in [3.8, 4) is 5.75 Å². The molecule has 0 bridgehead atoms. The van der Waals surface area contributed by atoms with Gasteiger partial charge in [0.05, 0.1) is 19.3 Å². The molecule has 2 heterocycles. The number of methoxy groups -OCH3 is 2. The molecule has 1 saturated heterocycles. The predicted octanol–water partition coefficient (Wildman–Crippen LogP) is 2.80. The van der Waals surface area contributed by atoms with Gasteiger partial charge < -0.3 is 29.0 Å². The van der Waals surface area contributed by atoms with E-state index in [-0.39, 0.29) is 12.5 Å². The summed E-state index contributed by atoms with van der Waals surface area (Å²) in [4.78, 5) is 32.9. The van der Waals surface area contributed by atoms with Gasteiger partial charge in [0.1, 0.15) is 18.1 Å². The first-order valence-corrected chi connectivity index (χ1v) is 10.5. The topological polar surface area (TPSA) is 84.1 Å². The normalized spacial score (nSPS) is 14.3. The van der Waals surface area contributed by atoms with E-state index in [0.717, 1.165) is 30.9 Å². The Labute approximate surface area is 183 Å². The van der Waals surface area contributed by atoms with E-state index in [1.54, 1.807) is 28.1 Å². The van der Waals surface area contributed by atoms with Gasteiger partial charge in [0.2, 0.25) is 0 Å². The number of anilines is 1. The molecular weight excluding hydrogens is 398 g/mol. The number of esters is 1. The summed E-state index contributed by atoms with van der Waals surface area (Å²) in [6.45, 7) is 6.95. The predicted molar refractivity (Wildman–Crippen MR) is 118 cm³/mol. The maximum absolute atomic E-state index is 13.2. The zero-order valence-corrected chi connectivity index (χ0v) is 18.7. The third-order valence-electron chi connectivity index (χ3n) is 5.60. The van der Waals surface area contributed by atoms with E-state index in [1.807, 2.05) is 29.2 Å². The average Bonchev–Trinajstić information content (AvgIpc) is 2.94. The van der Waals surface area contributed by atoms with Gasteiger partial charge in [-0.05, 0) is 50.1 Å². The first-order valence-electron chi connectivity index (χ1n) is 10.5. The first-order chi connectivity index (χ1) is 15.0. The van der Waals surface area contributed by atoms with Crippen LogP contribution in [0.2, 0.25) is 0 Å². The van der Waals surface area contributed by atoms with Crippen LogP contribution in [0.25, 0.3) is 0 Å². The first kappa shape index (κ1) is 22.7. The molecule has 1 fully saturated rings. The minimum absolute atomic E-state index is 0.0897. The minimum Gasteiger partial charge on any atom is -0.497 e. The van der Waals surface area contributed by atoms with Gasteiger partial charge in [0.25, 0.3) is 5.91 Å². The van der Waals surface area contributed by atoms with Gasteiger partial charge in [-0.1, -0.05) is 0 Å². The molecule has 0 aliphatic carbocycles. The number of rotatable bonds is 7. The fourth-order valence-corrected chi connectivity index (χ4v) is 3.89. The van der Waals surface area contributed by atoms with Crippen LogP contribution in [0.5, 0.6) is 5.75 Å². The quantitative estimate of drug-likeness (QED) is 0.538. The Morgan fingerprint density at radius 2 is 1.74 bits per heavy atom. The standard InChI is InChI=1S/C23H31N3O5/c1-16-20(23(28)31-15-14-29-3)17(2)24-21(16)22(27)26-11-5-10-25(12-13-26)18-6-8-19(30-4)9-7-18/h6-9,24H,5,10-15H2,1-4H3. The smallest absolute Gasteiger partial charge is 0.340 e. The molecule has 8 nitrogen and oxygen atoms in total. The number of hydrogen-bond donors (Lipinski definition) is 1. The molecule has 0 atom stereocenters. The molecule has 8 heteroatoms. The molecule has 1 N–H and O–H groups in total. The van der Waals surface area contributed by atoms with Crippen LogP contribution >= 0.6 is 0 Å². The van der Waals surface area contributed by atoms with Crippen molar-refractivity contribution in [1.82, 2.24) is 9.88 Å². The molecule has 0 saturated carbocycles. The van der Waals surface area contributed by atoms with Gasteiger partial charge in [0, 0.05) is 44.7 Å². The molecule has 1 aliphatic heterocycles. The van der Waals surface area contributed by atoms with E-state index in [2.05, 4.69) is 9.88 Å². The van der Waals surface area contributed by atoms with Crippen molar-refractivity contribution in [2.24, 2.45) is 0 Å². The van der Waals surface area contributed by atoms with Crippen LogP contribution in [0.15, 0.2) is 24.3 Å². The number of benzene rings is 1. The number of carbonyl (C=O) groups is 2. The third-order valence-corrected chi connectivity index (χ3v) is 5.60. The molecule has 2 aromatic rings. The maximum Gasteiger partial charge on any atom is 0.340 e. The summed E-state index contributed by atoms with van der Waals surface area (Å²) in [6.07, 6.45) is 0.864.